The Hall–Kier alpha value is -0.590. The number of hydrogen-bond donors (Lipinski definition) is 0. The molecule has 12 heavy (non-hydrogen) atoms. The first-order valence-corrected chi connectivity index (χ1v) is 5.01. The molecule has 0 spiro atoms. The van der Waals surface area contributed by atoms with Gasteiger partial charge in [-0.2, -0.15) is 0 Å². The van der Waals surface area contributed by atoms with Crippen LogP contribution in [0.5, 0.6) is 0 Å². The van der Waals surface area contributed by atoms with Crippen LogP contribution < -0.4 is 0 Å². The van der Waals surface area contributed by atoms with Gasteiger partial charge in [0.15, 0.2) is 0 Å². The molecule has 0 unspecified atom stereocenters. The Balaban J connectivity index is 2.02. The lowest BCUT2D eigenvalue weighted by Crippen LogP contribution is -1.96. The van der Waals surface area contributed by atoms with E-state index < -0.39 is 0 Å². The van der Waals surface area contributed by atoms with Gasteiger partial charge in [-0.15, -0.1) is 0 Å². The van der Waals surface area contributed by atoms with Gasteiger partial charge in [-0.1, -0.05) is 19.9 Å². The van der Waals surface area contributed by atoms with E-state index in [2.05, 4.69) is 31.1 Å². The van der Waals surface area contributed by atoms with E-state index in [4.69, 9.17) is 0 Å². The first kappa shape index (κ1) is 8.03. The Morgan fingerprint density at radius 2 is 2.33 bits per heavy atom. The quantitative estimate of drug-likeness (QED) is 0.555. The third kappa shape index (κ3) is 1.45. The second-order valence-electron chi connectivity index (χ2n) is 4.38. The summed E-state index contributed by atoms with van der Waals surface area (Å²) >= 11 is 0. The topological polar surface area (TPSA) is 12.4 Å². The van der Waals surface area contributed by atoms with Gasteiger partial charge in [-0.3, -0.25) is 4.99 Å². The van der Waals surface area contributed by atoms with E-state index in [1.54, 1.807) is 0 Å². The third-order valence-electron chi connectivity index (χ3n) is 2.82. The molecule has 2 rings (SSSR count). The molecular formula is C11H17N. The van der Waals surface area contributed by atoms with Gasteiger partial charge in [0.1, 0.15) is 0 Å². The van der Waals surface area contributed by atoms with Crippen molar-refractivity contribution >= 4 is 6.21 Å². The van der Waals surface area contributed by atoms with Crippen molar-refractivity contribution in [1.82, 2.24) is 0 Å². The molecule has 1 nitrogen and oxygen atoms in total. The minimum absolute atomic E-state index is 0.588. The highest BCUT2D eigenvalue weighted by Crippen LogP contribution is 2.43. The summed E-state index contributed by atoms with van der Waals surface area (Å²) in [6, 6.07) is 0. The molecule has 2 bridgehead atoms. The molecule has 0 amide bonds. The van der Waals surface area contributed by atoms with Crippen LogP contribution in [0.15, 0.2) is 16.8 Å². The Bertz CT molecular complexity index is 225. The number of allylic oxidation sites excluding steroid dienone is 2. The van der Waals surface area contributed by atoms with Gasteiger partial charge in [0, 0.05) is 17.8 Å². The van der Waals surface area contributed by atoms with Crippen molar-refractivity contribution in [1.29, 1.82) is 0 Å². The molecule has 2 atom stereocenters. The van der Waals surface area contributed by atoms with Crippen molar-refractivity contribution in [2.75, 3.05) is 0 Å². The van der Waals surface area contributed by atoms with E-state index in [0.717, 1.165) is 11.8 Å². The lowest BCUT2D eigenvalue weighted by atomic mass is 10.0. The summed E-state index contributed by atoms with van der Waals surface area (Å²) in [7, 11) is 0. The average Bonchev–Trinajstić information content (AvgIpc) is 2.60. The molecule has 66 valence electrons. The predicted octanol–water partition coefficient (Wildman–Crippen LogP) is 3.03. The van der Waals surface area contributed by atoms with E-state index in [-0.39, 0.29) is 0 Å². The van der Waals surface area contributed by atoms with Gasteiger partial charge in [0.25, 0.3) is 0 Å². The molecule has 2 aliphatic rings. The van der Waals surface area contributed by atoms with Crippen molar-refractivity contribution in [2.24, 2.45) is 22.7 Å². The van der Waals surface area contributed by atoms with E-state index in [1.165, 1.54) is 25.0 Å². The van der Waals surface area contributed by atoms with Gasteiger partial charge >= 0.3 is 0 Å². The van der Waals surface area contributed by atoms with Crippen molar-refractivity contribution in [2.45, 2.75) is 33.1 Å². The van der Waals surface area contributed by atoms with Gasteiger partial charge in [0.2, 0.25) is 0 Å². The van der Waals surface area contributed by atoms with Crippen molar-refractivity contribution in [3.05, 3.63) is 11.8 Å². The zero-order chi connectivity index (χ0) is 8.55. The van der Waals surface area contributed by atoms with Gasteiger partial charge < -0.3 is 0 Å². The monoisotopic (exact) mass is 163 g/mol. The molecule has 1 fully saturated rings. The highest BCUT2D eigenvalue weighted by molar-refractivity contribution is 5.61. The first-order valence-electron chi connectivity index (χ1n) is 5.01. The maximum Gasteiger partial charge on any atom is 0.0393 e. The fourth-order valence-electron chi connectivity index (χ4n) is 2.20. The van der Waals surface area contributed by atoms with E-state index >= 15 is 0 Å². The first-order chi connectivity index (χ1) is 5.75. The molecule has 0 radical (unpaired) electrons. The number of aliphatic imine (C=N–C) groups is 1. The zero-order valence-corrected chi connectivity index (χ0v) is 7.96. The number of rotatable bonds is 2. The Labute approximate surface area is 74.6 Å². The largest absolute Gasteiger partial charge is 0.265 e. The fourth-order valence-corrected chi connectivity index (χ4v) is 2.20. The van der Waals surface area contributed by atoms with Crippen LogP contribution in [0.25, 0.3) is 0 Å². The summed E-state index contributed by atoms with van der Waals surface area (Å²) in [6.07, 6.45) is 8.63. The SMILES string of the molecule is CC(C)C=NC1=C[C@@H]2CC[C@H]1C2. The number of hydrogen-bond acceptors (Lipinski definition) is 1. The minimum Gasteiger partial charge on any atom is -0.265 e. The van der Waals surface area contributed by atoms with Crippen LogP contribution in [0.1, 0.15) is 33.1 Å². The Kier molecular flexibility index (Phi) is 2.03. The van der Waals surface area contributed by atoms with Crippen molar-refractivity contribution in [3.8, 4) is 0 Å². The van der Waals surface area contributed by atoms with E-state index in [1.807, 2.05) is 0 Å². The molecule has 0 saturated heterocycles. The van der Waals surface area contributed by atoms with Gasteiger partial charge in [-0.25, -0.2) is 0 Å². The average molecular weight is 163 g/mol. The second-order valence-corrected chi connectivity index (χ2v) is 4.38. The summed E-state index contributed by atoms with van der Waals surface area (Å²) < 4.78 is 0. The summed E-state index contributed by atoms with van der Waals surface area (Å²) in [5, 5.41) is 0. The van der Waals surface area contributed by atoms with Crippen LogP contribution in [0, 0.1) is 17.8 Å². The maximum atomic E-state index is 4.54. The lowest BCUT2D eigenvalue weighted by molar-refractivity contribution is 0.650. The minimum atomic E-state index is 0.588. The summed E-state index contributed by atoms with van der Waals surface area (Å²) in [6.45, 7) is 4.36. The number of nitrogens with zero attached hydrogens (tertiary/aromatic N) is 1. The zero-order valence-electron chi connectivity index (χ0n) is 7.96. The summed E-state index contributed by atoms with van der Waals surface area (Å²) in [4.78, 5) is 4.54. The molecule has 0 aliphatic heterocycles. The fraction of sp³-hybridized carbons (Fsp3) is 0.727. The Morgan fingerprint density at radius 1 is 1.50 bits per heavy atom. The predicted molar refractivity (Wildman–Crippen MR) is 52.2 cm³/mol. The second kappa shape index (κ2) is 3.04. The highest BCUT2D eigenvalue weighted by atomic mass is 14.8. The smallest absolute Gasteiger partial charge is 0.0393 e. The molecular weight excluding hydrogens is 146 g/mol. The molecule has 0 aromatic heterocycles. The molecule has 0 N–H and O–H groups in total. The standard InChI is InChI=1S/C11H17N/c1-8(2)7-12-11-6-9-3-4-10(11)5-9/h6-10H,3-5H2,1-2H3/t9-,10+/m1/s1. The van der Waals surface area contributed by atoms with Crippen LogP contribution in [-0.2, 0) is 0 Å². The maximum absolute atomic E-state index is 4.54. The molecule has 2 aliphatic carbocycles. The van der Waals surface area contributed by atoms with Crippen LogP contribution >= 0.6 is 0 Å². The van der Waals surface area contributed by atoms with Gasteiger partial charge in [-0.05, 0) is 31.1 Å². The van der Waals surface area contributed by atoms with E-state index in [9.17, 15) is 0 Å². The van der Waals surface area contributed by atoms with E-state index in [0.29, 0.717) is 5.92 Å². The van der Waals surface area contributed by atoms with Gasteiger partial charge in [0.05, 0.1) is 0 Å². The number of fused-ring (bicyclic) bond motifs is 2. The third-order valence-corrected chi connectivity index (χ3v) is 2.82. The molecule has 0 aromatic rings. The molecule has 1 heteroatoms. The lowest BCUT2D eigenvalue weighted by Gasteiger charge is -2.07. The van der Waals surface area contributed by atoms with Crippen LogP contribution in [0.4, 0.5) is 0 Å². The van der Waals surface area contributed by atoms with Crippen molar-refractivity contribution in [3.63, 3.8) is 0 Å². The van der Waals surface area contributed by atoms with Crippen LogP contribution in [0.2, 0.25) is 0 Å². The molecule has 0 heterocycles. The van der Waals surface area contributed by atoms with Crippen molar-refractivity contribution < 1.29 is 0 Å². The normalized spacial score (nSPS) is 33.8. The summed E-state index contributed by atoms with van der Waals surface area (Å²) in [5.74, 6) is 2.27. The Morgan fingerprint density at radius 3 is 2.83 bits per heavy atom. The molecule has 1 saturated carbocycles. The highest BCUT2D eigenvalue weighted by Gasteiger charge is 2.32. The molecule has 0 aromatic carbocycles. The van der Waals surface area contributed by atoms with Crippen LogP contribution in [0.3, 0.4) is 0 Å². The van der Waals surface area contributed by atoms with Crippen LogP contribution in [-0.4, -0.2) is 6.21 Å². The summed E-state index contributed by atoms with van der Waals surface area (Å²) in [5.41, 5.74) is 1.37.